The molecule has 0 spiro atoms. The van der Waals surface area contributed by atoms with Gasteiger partial charge in [0.05, 0.1) is 5.52 Å². The van der Waals surface area contributed by atoms with Gasteiger partial charge in [-0.2, -0.15) is 4.98 Å². The third-order valence-corrected chi connectivity index (χ3v) is 3.32. The Morgan fingerprint density at radius 1 is 1.25 bits per heavy atom. The lowest BCUT2D eigenvalue weighted by atomic mass is 10.2. The highest BCUT2D eigenvalue weighted by Gasteiger charge is 2.17. The lowest BCUT2D eigenvalue weighted by Gasteiger charge is -2.00. The second-order valence-corrected chi connectivity index (χ2v) is 5.67. The van der Waals surface area contributed by atoms with Gasteiger partial charge in [0, 0.05) is 11.9 Å². The maximum absolute atomic E-state index is 11.4. The Bertz CT molecular complexity index is 672. The van der Waals surface area contributed by atoms with E-state index in [1.165, 1.54) is 0 Å². The summed E-state index contributed by atoms with van der Waals surface area (Å²) in [5.41, 5.74) is 8.62. The molecule has 2 aromatic rings. The number of nitrogens with zero attached hydrogens (tertiary/aromatic N) is 2. The second kappa shape index (κ2) is 3.18. The minimum atomic E-state index is -3.44. The summed E-state index contributed by atoms with van der Waals surface area (Å²) in [4.78, 5) is 10.8. The van der Waals surface area contributed by atoms with Crippen LogP contribution in [0.5, 0.6) is 0 Å². The van der Waals surface area contributed by atoms with E-state index in [4.69, 9.17) is 5.73 Å². The van der Waals surface area contributed by atoms with Crippen molar-refractivity contribution >= 4 is 26.7 Å². The van der Waals surface area contributed by atoms with Gasteiger partial charge in [-0.3, -0.25) is 0 Å². The zero-order chi connectivity index (χ0) is 12.1. The van der Waals surface area contributed by atoms with Gasteiger partial charge in [0.1, 0.15) is 5.52 Å². The van der Waals surface area contributed by atoms with Crippen molar-refractivity contribution in [2.75, 3.05) is 12.0 Å². The highest BCUT2D eigenvalue weighted by atomic mass is 32.2. The molecule has 0 aliphatic rings. The van der Waals surface area contributed by atoms with Gasteiger partial charge >= 0.3 is 0 Å². The van der Waals surface area contributed by atoms with E-state index in [1.807, 2.05) is 13.8 Å². The number of hydrogen-bond acceptors (Lipinski definition) is 5. The molecule has 0 atom stereocenters. The topological polar surface area (TPSA) is 102 Å². The van der Waals surface area contributed by atoms with Crippen LogP contribution < -0.4 is 5.73 Å². The van der Waals surface area contributed by atoms with E-state index >= 15 is 0 Å². The highest BCUT2D eigenvalue weighted by Crippen LogP contribution is 2.23. The number of nitrogen functional groups attached to an aromatic ring is 1. The van der Waals surface area contributed by atoms with Crippen molar-refractivity contribution in [2.24, 2.45) is 0 Å². The van der Waals surface area contributed by atoms with E-state index in [0.717, 1.165) is 17.5 Å². The molecule has 0 aliphatic heterocycles. The van der Waals surface area contributed by atoms with Crippen LogP contribution in [0.15, 0.2) is 5.16 Å². The molecule has 0 fully saturated rings. The fourth-order valence-corrected chi connectivity index (χ4v) is 2.00. The highest BCUT2D eigenvalue weighted by molar-refractivity contribution is 7.90. The molecule has 6 nitrogen and oxygen atoms in total. The summed E-state index contributed by atoms with van der Waals surface area (Å²) in [6.45, 7) is 3.73. The van der Waals surface area contributed by atoms with Crippen LogP contribution in [0.1, 0.15) is 11.3 Å². The molecule has 16 heavy (non-hydrogen) atoms. The third kappa shape index (κ3) is 1.53. The van der Waals surface area contributed by atoms with Gasteiger partial charge < -0.3 is 10.7 Å². The Morgan fingerprint density at radius 2 is 1.88 bits per heavy atom. The maximum atomic E-state index is 11.4. The van der Waals surface area contributed by atoms with Gasteiger partial charge in [0.25, 0.3) is 0 Å². The molecule has 0 saturated heterocycles. The van der Waals surface area contributed by atoms with Gasteiger partial charge in [-0.25, -0.2) is 13.4 Å². The molecule has 7 heteroatoms. The molecular formula is C9H12N4O2S. The zero-order valence-electron chi connectivity index (χ0n) is 9.20. The van der Waals surface area contributed by atoms with Crippen molar-refractivity contribution in [1.82, 2.24) is 15.0 Å². The molecule has 0 aliphatic carbocycles. The lowest BCUT2D eigenvalue weighted by molar-refractivity contribution is 0.594. The SMILES string of the molecule is Cc1[nH]c2c(N)nc(S(C)(=O)=O)nc2c1C. The molecule has 0 amide bonds. The van der Waals surface area contributed by atoms with Crippen LogP contribution in [0.3, 0.4) is 0 Å². The van der Waals surface area contributed by atoms with Gasteiger partial charge in [-0.15, -0.1) is 0 Å². The number of aromatic nitrogens is 3. The smallest absolute Gasteiger partial charge is 0.249 e. The summed E-state index contributed by atoms with van der Waals surface area (Å²) >= 11 is 0. The first-order valence-electron chi connectivity index (χ1n) is 4.63. The zero-order valence-corrected chi connectivity index (χ0v) is 10.0. The van der Waals surface area contributed by atoms with Crippen molar-refractivity contribution < 1.29 is 8.42 Å². The Morgan fingerprint density at radius 3 is 2.44 bits per heavy atom. The van der Waals surface area contributed by atoms with Crippen LogP contribution in [-0.2, 0) is 9.84 Å². The van der Waals surface area contributed by atoms with Crippen molar-refractivity contribution in [3.63, 3.8) is 0 Å². The number of rotatable bonds is 1. The molecule has 0 aromatic carbocycles. The summed E-state index contributed by atoms with van der Waals surface area (Å²) in [6, 6.07) is 0. The van der Waals surface area contributed by atoms with E-state index in [0.29, 0.717) is 11.0 Å². The van der Waals surface area contributed by atoms with Crippen LogP contribution in [0.25, 0.3) is 11.0 Å². The maximum Gasteiger partial charge on any atom is 0.249 e. The average molecular weight is 240 g/mol. The number of aryl methyl sites for hydroxylation is 2. The molecule has 2 heterocycles. The van der Waals surface area contributed by atoms with Crippen molar-refractivity contribution in [3.8, 4) is 0 Å². The summed E-state index contributed by atoms with van der Waals surface area (Å²) in [7, 11) is -3.44. The summed E-state index contributed by atoms with van der Waals surface area (Å²) in [5.74, 6) is 0.154. The summed E-state index contributed by atoms with van der Waals surface area (Å²) in [5, 5.41) is -0.236. The minimum absolute atomic E-state index is 0.154. The predicted molar refractivity (Wildman–Crippen MR) is 60.9 cm³/mol. The first kappa shape index (κ1) is 10.9. The van der Waals surface area contributed by atoms with E-state index < -0.39 is 9.84 Å². The Balaban J connectivity index is 2.91. The quantitative estimate of drug-likeness (QED) is 0.709. The Kier molecular flexibility index (Phi) is 2.16. The van der Waals surface area contributed by atoms with Gasteiger partial charge in [0.2, 0.25) is 15.0 Å². The van der Waals surface area contributed by atoms with Crippen LogP contribution in [0, 0.1) is 13.8 Å². The second-order valence-electron chi connectivity index (χ2n) is 3.76. The number of fused-ring (bicyclic) bond motifs is 1. The van der Waals surface area contributed by atoms with E-state index in [-0.39, 0.29) is 11.0 Å². The number of nitrogens with one attached hydrogen (secondary N) is 1. The number of H-pyrrole nitrogens is 1. The normalized spacial score (nSPS) is 12.2. The molecule has 2 rings (SSSR count). The summed E-state index contributed by atoms with van der Waals surface area (Å²) < 4.78 is 22.7. The number of anilines is 1. The molecule has 0 saturated carbocycles. The van der Waals surface area contributed by atoms with Crippen LogP contribution >= 0.6 is 0 Å². The van der Waals surface area contributed by atoms with Crippen LogP contribution in [0.2, 0.25) is 0 Å². The largest absolute Gasteiger partial charge is 0.382 e. The van der Waals surface area contributed by atoms with Crippen molar-refractivity contribution in [1.29, 1.82) is 0 Å². The Hall–Kier alpha value is -1.63. The fourth-order valence-electron chi connectivity index (χ4n) is 1.48. The molecule has 2 aromatic heterocycles. The number of aromatic amines is 1. The standard InChI is InChI=1S/C9H12N4O2S/c1-4-5(2)11-7-6(4)12-9(13-8(7)10)16(3,14)15/h11H,1-3H3,(H2,10,12,13). The van der Waals surface area contributed by atoms with Crippen LogP contribution in [-0.4, -0.2) is 29.6 Å². The minimum Gasteiger partial charge on any atom is -0.382 e. The van der Waals surface area contributed by atoms with E-state index in [1.54, 1.807) is 0 Å². The third-order valence-electron chi connectivity index (χ3n) is 2.48. The lowest BCUT2D eigenvalue weighted by Crippen LogP contribution is -2.06. The first-order valence-corrected chi connectivity index (χ1v) is 6.52. The molecule has 86 valence electrons. The van der Waals surface area contributed by atoms with Crippen molar-refractivity contribution in [2.45, 2.75) is 19.0 Å². The predicted octanol–water partition coefficient (Wildman–Crippen LogP) is 0.560. The fraction of sp³-hybridized carbons (Fsp3) is 0.333. The molecular weight excluding hydrogens is 228 g/mol. The molecule has 0 radical (unpaired) electrons. The molecule has 0 bridgehead atoms. The van der Waals surface area contributed by atoms with Gasteiger partial charge in [0.15, 0.2) is 5.82 Å². The van der Waals surface area contributed by atoms with Crippen molar-refractivity contribution in [3.05, 3.63) is 11.3 Å². The van der Waals surface area contributed by atoms with Gasteiger partial charge in [-0.1, -0.05) is 0 Å². The number of nitrogens with two attached hydrogens (primary N) is 1. The summed E-state index contributed by atoms with van der Waals surface area (Å²) in [6.07, 6.45) is 1.06. The average Bonchev–Trinajstić information content (AvgIpc) is 2.44. The number of hydrogen-bond donors (Lipinski definition) is 2. The van der Waals surface area contributed by atoms with Gasteiger partial charge in [-0.05, 0) is 19.4 Å². The van der Waals surface area contributed by atoms with E-state index in [9.17, 15) is 8.42 Å². The number of sulfone groups is 1. The Labute approximate surface area is 92.8 Å². The monoisotopic (exact) mass is 240 g/mol. The molecule has 3 N–H and O–H groups in total. The van der Waals surface area contributed by atoms with E-state index in [2.05, 4.69) is 15.0 Å². The molecule has 0 unspecified atom stereocenters. The van der Waals surface area contributed by atoms with Crippen LogP contribution in [0.4, 0.5) is 5.82 Å². The first-order chi connectivity index (χ1) is 7.30.